The van der Waals surface area contributed by atoms with E-state index < -0.39 is 6.04 Å². The molecule has 0 spiro atoms. The highest BCUT2D eigenvalue weighted by atomic mass is 79.9. The summed E-state index contributed by atoms with van der Waals surface area (Å²) in [6, 6.07) is 3.06. The number of benzene rings is 1. The predicted octanol–water partition coefficient (Wildman–Crippen LogP) is 2.10. The minimum Gasteiger partial charge on any atom is -0.322 e. The molecule has 0 bridgehead atoms. The standard InChI is InChI=1S/C14H12Br2N2O3/c15-5-8-9-6-18(11-3-4-12(19)17-13(11)20)14(21)7(9)1-2-10(8)16/h1-2,11H,3-6H2,(H,17,19,20). The fourth-order valence-corrected chi connectivity index (χ4v) is 4.35. The van der Waals surface area contributed by atoms with E-state index in [1.807, 2.05) is 6.07 Å². The van der Waals surface area contributed by atoms with Crippen molar-refractivity contribution < 1.29 is 14.4 Å². The fourth-order valence-electron chi connectivity index (χ4n) is 2.82. The lowest BCUT2D eigenvalue weighted by Crippen LogP contribution is -2.52. The van der Waals surface area contributed by atoms with Crippen LogP contribution in [0.3, 0.4) is 0 Å². The monoisotopic (exact) mass is 414 g/mol. The van der Waals surface area contributed by atoms with Crippen molar-refractivity contribution >= 4 is 49.6 Å². The van der Waals surface area contributed by atoms with Gasteiger partial charge in [0, 0.05) is 28.3 Å². The van der Waals surface area contributed by atoms with Crippen LogP contribution in [-0.2, 0) is 21.5 Å². The van der Waals surface area contributed by atoms with Crippen LogP contribution >= 0.6 is 31.9 Å². The van der Waals surface area contributed by atoms with Crippen LogP contribution in [0.1, 0.15) is 34.3 Å². The van der Waals surface area contributed by atoms with Crippen LogP contribution in [0, 0.1) is 0 Å². The molecule has 1 N–H and O–H groups in total. The van der Waals surface area contributed by atoms with E-state index in [4.69, 9.17) is 0 Å². The summed E-state index contributed by atoms with van der Waals surface area (Å²) in [5, 5.41) is 2.94. The van der Waals surface area contributed by atoms with Crippen LogP contribution in [0.25, 0.3) is 0 Å². The third kappa shape index (κ3) is 2.42. The van der Waals surface area contributed by atoms with Gasteiger partial charge in [-0.3, -0.25) is 19.7 Å². The third-order valence-electron chi connectivity index (χ3n) is 3.91. The largest absolute Gasteiger partial charge is 0.322 e. The topological polar surface area (TPSA) is 66.5 Å². The van der Waals surface area contributed by atoms with Gasteiger partial charge in [-0.25, -0.2) is 0 Å². The van der Waals surface area contributed by atoms with Crippen molar-refractivity contribution in [2.45, 2.75) is 30.8 Å². The molecule has 1 atom stereocenters. The summed E-state index contributed by atoms with van der Waals surface area (Å²) in [7, 11) is 0. The van der Waals surface area contributed by atoms with Gasteiger partial charge in [-0.2, -0.15) is 0 Å². The average Bonchev–Trinajstić information content (AvgIpc) is 2.76. The summed E-state index contributed by atoms with van der Waals surface area (Å²) >= 11 is 6.92. The van der Waals surface area contributed by atoms with E-state index in [1.165, 1.54) is 0 Å². The number of alkyl halides is 1. The Hall–Kier alpha value is -1.21. The number of nitrogens with one attached hydrogen (secondary N) is 1. The number of piperidine rings is 1. The van der Waals surface area contributed by atoms with Crippen LogP contribution in [-0.4, -0.2) is 28.7 Å². The van der Waals surface area contributed by atoms with E-state index in [1.54, 1.807) is 11.0 Å². The van der Waals surface area contributed by atoms with Crippen LogP contribution in [0.2, 0.25) is 0 Å². The smallest absolute Gasteiger partial charge is 0.255 e. The highest BCUT2D eigenvalue weighted by Crippen LogP contribution is 2.34. The Morgan fingerprint density at radius 3 is 2.71 bits per heavy atom. The number of amides is 3. The molecule has 0 aromatic heterocycles. The molecule has 2 heterocycles. The second-order valence-corrected chi connectivity index (χ2v) is 6.50. The van der Waals surface area contributed by atoms with Crippen molar-refractivity contribution in [2.75, 3.05) is 0 Å². The van der Waals surface area contributed by atoms with Crippen LogP contribution in [0.5, 0.6) is 0 Å². The van der Waals surface area contributed by atoms with E-state index >= 15 is 0 Å². The molecule has 2 aliphatic rings. The summed E-state index contributed by atoms with van der Waals surface area (Å²) in [6.45, 7) is 0.404. The molecule has 3 amide bonds. The molecule has 0 saturated carbocycles. The fraction of sp³-hybridized carbons (Fsp3) is 0.357. The lowest BCUT2D eigenvalue weighted by molar-refractivity contribution is -0.136. The Balaban J connectivity index is 1.93. The maximum absolute atomic E-state index is 12.5. The molecular formula is C14H12Br2N2O3. The summed E-state index contributed by atoms with van der Waals surface area (Å²) in [6.07, 6.45) is 0.654. The summed E-state index contributed by atoms with van der Waals surface area (Å²) in [5.41, 5.74) is 2.60. The van der Waals surface area contributed by atoms with Crippen LogP contribution < -0.4 is 5.32 Å². The van der Waals surface area contributed by atoms with Gasteiger partial charge in [-0.1, -0.05) is 31.9 Å². The number of halogens is 2. The Morgan fingerprint density at radius 2 is 2.05 bits per heavy atom. The second-order valence-electron chi connectivity index (χ2n) is 5.09. The number of rotatable bonds is 2. The van der Waals surface area contributed by atoms with E-state index in [9.17, 15) is 14.4 Å². The predicted molar refractivity (Wildman–Crippen MR) is 82.8 cm³/mol. The molecule has 5 nitrogen and oxygen atoms in total. The van der Waals surface area contributed by atoms with Crippen molar-refractivity contribution in [3.63, 3.8) is 0 Å². The Kier molecular flexibility index (Phi) is 3.88. The van der Waals surface area contributed by atoms with Crippen molar-refractivity contribution in [1.29, 1.82) is 0 Å². The average molecular weight is 416 g/mol. The Labute approximate surface area is 138 Å². The van der Waals surface area contributed by atoms with Crippen LogP contribution in [0.15, 0.2) is 16.6 Å². The van der Waals surface area contributed by atoms with Crippen molar-refractivity contribution in [3.05, 3.63) is 33.3 Å². The molecule has 110 valence electrons. The van der Waals surface area contributed by atoms with E-state index in [-0.39, 0.29) is 24.1 Å². The molecule has 1 aromatic carbocycles. The van der Waals surface area contributed by atoms with Gasteiger partial charge in [0.05, 0.1) is 0 Å². The highest BCUT2D eigenvalue weighted by Gasteiger charge is 2.39. The Morgan fingerprint density at radius 1 is 1.29 bits per heavy atom. The molecule has 2 aliphatic heterocycles. The third-order valence-corrected chi connectivity index (χ3v) is 5.22. The SMILES string of the molecule is O=C1CCC(N2Cc3c(ccc(Br)c3CBr)C2=O)C(=O)N1. The molecule has 0 aliphatic carbocycles. The van der Waals surface area contributed by atoms with Crippen molar-refractivity contribution in [1.82, 2.24) is 10.2 Å². The van der Waals surface area contributed by atoms with Gasteiger partial charge >= 0.3 is 0 Å². The zero-order valence-corrected chi connectivity index (χ0v) is 14.2. The van der Waals surface area contributed by atoms with Gasteiger partial charge in [-0.15, -0.1) is 0 Å². The maximum atomic E-state index is 12.5. The number of imide groups is 1. The molecule has 1 unspecified atom stereocenters. The van der Waals surface area contributed by atoms with Crippen molar-refractivity contribution in [3.8, 4) is 0 Å². The van der Waals surface area contributed by atoms with E-state index in [2.05, 4.69) is 37.2 Å². The number of carbonyl (C=O) groups is 3. The number of nitrogens with zero attached hydrogens (tertiary/aromatic N) is 1. The molecule has 0 radical (unpaired) electrons. The lowest BCUT2D eigenvalue weighted by Gasteiger charge is -2.29. The molecule has 1 saturated heterocycles. The molecular weight excluding hydrogens is 404 g/mol. The van der Waals surface area contributed by atoms with Gasteiger partial charge in [0.2, 0.25) is 11.8 Å². The zero-order valence-electron chi connectivity index (χ0n) is 11.0. The normalized spacial score (nSPS) is 21.5. The van der Waals surface area contributed by atoms with Gasteiger partial charge in [0.15, 0.2) is 0 Å². The molecule has 3 rings (SSSR count). The summed E-state index contributed by atoms with van der Waals surface area (Å²) in [4.78, 5) is 37.3. The molecule has 1 aromatic rings. The zero-order chi connectivity index (χ0) is 15.1. The quantitative estimate of drug-likeness (QED) is 0.594. The highest BCUT2D eigenvalue weighted by molar-refractivity contribution is 9.10. The minimum absolute atomic E-state index is 0.144. The first-order valence-electron chi connectivity index (χ1n) is 6.53. The number of carbonyl (C=O) groups excluding carboxylic acids is 3. The minimum atomic E-state index is -0.565. The second kappa shape index (κ2) is 5.53. The van der Waals surface area contributed by atoms with E-state index in [0.717, 1.165) is 15.6 Å². The van der Waals surface area contributed by atoms with Crippen LogP contribution in [0.4, 0.5) is 0 Å². The first-order valence-corrected chi connectivity index (χ1v) is 8.45. The molecule has 7 heteroatoms. The number of fused-ring (bicyclic) bond motifs is 1. The number of hydrogen-bond donors (Lipinski definition) is 1. The van der Waals surface area contributed by atoms with Gasteiger partial charge in [-0.05, 0) is 29.7 Å². The molecule has 21 heavy (non-hydrogen) atoms. The Bertz CT molecular complexity index is 660. The number of hydrogen-bond acceptors (Lipinski definition) is 3. The first kappa shape index (κ1) is 14.7. The molecule has 1 fully saturated rings. The van der Waals surface area contributed by atoms with Crippen molar-refractivity contribution in [2.24, 2.45) is 0 Å². The lowest BCUT2D eigenvalue weighted by atomic mass is 10.0. The maximum Gasteiger partial charge on any atom is 0.255 e. The van der Waals surface area contributed by atoms with Gasteiger partial charge < -0.3 is 4.90 Å². The van der Waals surface area contributed by atoms with E-state index in [0.29, 0.717) is 23.9 Å². The van der Waals surface area contributed by atoms with Gasteiger partial charge in [0.25, 0.3) is 5.91 Å². The van der Waals surface area contributed by atoms with Gasteiger partial charge in [0.1, 0.15) is 6.04 Å². The summed E-state index contributed by atoms with van der Waals surface area (Å²) < 4.78 is 0.941. The first-order chi connectivity index (χ1) is 10.0. The summed E-state index contributed by atoms with van der Waals surface area (Å²) in [5.74, 6) is -0.801.